The van der Waals surface area contributed by atoms with E-state index in [1.165, 1.54) is 10.5 Å². The monoisotopic (exact) mass is 374 g/mol. The van der Waals surface area contributed by atoms with E-state index in [4.69, 9.17) is 9.47 Å². The Hall–Kier alpha value is -2.28. The van der Waals surface area contributed by atoms with Gasteiger partial charge in [-0.2, -0.15) is 0 Å². The average molecular weight is 374 g/mol. The molecule has 3 fully saturated rings. The van der Waals surface area contributed by atoms with E-state index >= 15 is 0 Å². The number of rotatable bonds is 3. The van der Waals surface area contributed by atoms with Crippen molar-refractivity contribution in [2.75, 3.05) is 31.2 Å². The minimum Gasteiger partial charge on any atom is -0.447 e. The zero-order chi connectivity index (χ0) is 19.4. The fraction of sp³-hybridized carbons (Fsp3) is 0.600. The van der Waals surface area contributed by atoms with Crippen LogP contribution in [0.5, 0.6) is 0 Å². The second-order valence-corrected chi connectivity index (χ2v) is 8.75. The third-order valence-electron chi connectivity index (χ3n) is 5.69. The first kappa shape index (κ1) is 18.1. The highest BCUT2D eigenvalue weighted by Gasteiger charge is 2.62. The lowest BCUT2D eigenvalue weighted by atomic mass is 9.94. The Morgan fingerprint density at radius 1 is 1.33 bits per heavy atom. The number of ether oxygens (including phenoxy) is 2. The van der Waals surface area contributed by atoms with Gasteiger partial charge in [0.15, 0.2) is 0 Å². The Morgan fingerprint density at radius 3 is 2.67 bits per heavy atom. The number of anilines is 1. The molecule has 0 spiro atoms. The number of hydrogen-bond donors (Lipinski definition) is 1. The number of fused-ring (bicyclic) bond motifs is 1. The zero-order valence-electron chi connectivity index (χ0n) is 16.0. The molecule has 7 nitrogen and oxygen atoms in total. The number of carbonyl (C=O) groups excluding carboxylic acids is 2. The quantitative estimate of drug-likeness (QED) is 0.879. The molecule has 0 aromatic heterocycles. The third-order valence-corrected chi connectivity index (χ3v) is 5.69. The molecule has 3 atom stereocenters. The van der Waals surface area contributed by atoms with Crippen LogP contribution >= 0.6 is 0 Å². The first-order valence-electron chi connectivity index (χ1n) is 9.39. The van der Waals surface area contributed by atoms with Gasteiger partial charge in [0.2, 0.25) is 0 Å². The smallest absolute Gasteiger partial charge is 0.414 e. The Labute approximate surface area is 158 Å². The molecular formula is C20H26N2O5. The molecule has 2 aliphatic heterocycles. The summed E-state index contributed by atoms with van der Waals surface area (Å²) in [5, 5.41) is 9.43. The fourth-order valence-corrected chi connectivity index (χ4v) is 4.26. The van der Waals surface area contributed by atoms with Gasteiger partial charge in [0, 0.05) is 24.2 Å². The summed E-state index contributed by atoms with van der Waals surface area (Å²) < 4.78 is 10.5. The minimum atomic E-state index is -0.494. The van der Waals surface area contributed by atoms with Crippen LogP contribution < -0.4 is 4.90 Å². The van der Waals surface area contributed by atoms with E-state index < -0.39 is 11.7 Å². The molecule has 1 N–H and O–H groups in total. The predicted molar refractivity (Wildman–Crippen MR) is 98.7 cm³/mol. The molecule has 1 aromatic rings. The van der Waals surface area contributed by atoms with Gasteiger partial charge in [-0.15, -0.1) is 0 Å². The Kier molecular flexibility index (Phi) is 4.10. The second-order valence-electron chi connectivity index (χ2n) is 8.75. The molecule has 146 valence electrons. The second kappa shape index (κ2) is 6.12. The number of benzene rings is 1. The van der Waals surface area contributed by atoms with Gasteiger partial charge in [-0.3, -0.25) is 4.90 Å². The molecule has 3 unspecified atom stereocenters. The average Bonchev–Trinajstić information content (AvgIpc) is 2.97. The lowest BCUT2D eigenvalue weighted by molar-refractivity contribution is 0.0270. The van der Waals surface area contributed by atoms with Gasteiger partial charge >= 0.3 is 12.2 Å². The largest absolute Gasteiger partial charge is 0.447 e. The Balaban J connectivity index is 1.47. The van der Waals surface area contributed by atoms with E-state index in [0.29, 0.717) is 12.5 Å². The fourth-order valence-electron chi connectivity index (χ4n) is 4.26. The van der Waals surface area contributed by atoms with Crippen molar-refractivity contribution in [1.82, 2.24) is 4.90 Å². The minimum absolute atomic E-state index is 0.00265. The highest BCUT2D eigenvalue weighted by molar-refractivity contribution is 5.90. The van der Waals surface area contributed by atoms with Crippen LogP contribution in [-0.2, 0) is 14.9 Å². The molecule has 0 radical (unpaired) electrons. The van der Waals surface area contributed by atoms with Crippen molar-refractivity contribution in [1.29, 1.82) is 0 Å². The number of cyclic esters (lactones) is 1. The van der Waals surface area contributed by atoms with Crippen LogP contribution in [0.2, 0.25) is 0 Å². The van der Waals surface area contributed by atoms with Gasteiger partial charge in [-0.05, 0) is 50.8 Å². The summed E-state index contributed by atoms with van der Waals surface area (Å²) in [6.07, 6.45) is 0.383. The molecule has 1 aliphatic carbocycles. The van der Waals surface area contributed by atoms with Gasteiger partial charge in [0.1, 0.15) is 12.2 Å². The van der Waals surface area contributed by atoms with Gasteiger partial charge in [0.25, 0.3) is 0 Å². The van der Waals surface area contributed by atoms with Gasteiger partial charge in [0.05, 0.1) is 12.6 Å². The highest BCUT2D eigenvalue weighted by atomic mass is 16.6. The van der Waals surface area contributed by atoms with E-state index in [0.717, 1.165) is 18.7 Å². The summed E-state index contributed by atoms with van der Waals surface area (Å²) in [5.41, 5.74) is 1.40. The lowest BCUT2D eigenvalue weighted by Crippen LogP contribution is -2.37. The number of nitrogens with zero attached hydrogens (tertiary/aromatic N) is 2. The van der Waals surface area contributed by atoms with Crippen molar-refractivity contribution in [3.05, 3.63) is 29.8 Å². The summed E-state index contributed by atoms with van der Waals surface area (Å²) in [6, 6.07) is 7.49. The lowest BCUT2D eigenvalue weighted by Gasteiger charge is -2.26. The molecule has 2 heterocycles. The molecule has 0 bridgehead atoms. The van der Waals surface area contributed by atoms with Crippen molar-refractivity contribution in [3.63, 3.8) is 0 Å². The molecule has 1 saturated carbocycles. The number of amides is 2. The molecule has 27 heavy (non-hydrogen) atoms. The maximum atomic E-state index is 12.4. The maximum absolute atomic E-state index is 12.4. The van der Waals surface area contributed by atoms with Gasteiger partial charge in [-0.25, -0.2) is 9.59 Å². The third kappa shape index (κ3) is 3.14. The van der Waals surface area contributed by atoms with E-state index in [1.807, 2.05) is 45.0 Å². The molecule has 7 heteroatoms. The molecule has 4 rings (SSSR count). The summed E-state index contributed by atoms with van der Waals surface area (Å²) in [6.45, 7) is 7.08. The van der Waals surface area contributed by atoms with Crippen LogP contribution in [-0.4, -0.2) is 60.1 Å². The van der Waals surface area contributed by atoms with Crippen molar-refractivity contribution in [2.45, 2.75) is 44.2 Å². The molecule has 2 saturated heterocycles. The first-order chi connectivity index (χ1) is 12.7. The van der Waals surface area contributed by atoms with Crippen molar-refractivity contribution in [3.8, 4) is 0 Å². The maximum Gasteiger partial charge on any atom is 0.414 e. The number of aliphatic hydroxyl groups excluding tert-OH is 1. The van der Waals surface area contributed by atoms with Gasteiger partial charge < -0.3 is 19.5 Å². The van der Waals surface area contributed by atoms with Crippen LogP contribution in [0, 0.1) is 5.92 Å². The predicted octanol–water partition coefficient (Wildman–Crippen LogP) is 2.51. The summed E-state index contributed by atoms with van der Waals surface area (Å²) in [5.74, 6) is 0.456. The van der Waals surface area contributed by atoms with Crippen molar-refractivity contribution in [2.24, 2.45) is 5.92 Å². The zero-order valence-corrected chi connectivity index (χ0v) is 16.0. The molecule has 3 aliphatic rings. The van der Waals surface area contributed by atoms with Crippen LogP contribution in [0.25, 0.3) is 0 Å². The van der Waals surface area contributed by atoms with E-state index in [-0.39, 0.29) is 30.8 Å². The van der Waals surface area contributed by atoms with Crippen molar-refractivity contribution < 1.29 is 24.2 Å². The summed E-state index contributed by atoms with van der Waals surface area (Å²) in [7, 11) is 0. The van der Waals surface area contributed by atoms with Crippen LogP contribution in [0.4, 0.5) is 15.3 Å². The summed E-state index contributed by atoms with van der Waals surface area (Å²) >= 11 is 0. The van der Waals surface area contributed by atoms with Crippen LogP contribution in [0.3, 0.4) is 0 Å². The van der Waals surface area contributed by atoms with Crippen LogP contribution in [0.15, 0.2) is 24.3 Å². The van der Waals surface area contributed by atoms with Crippen LogP contribution in [0.1, 0.15) is 32.8 Å². The number of aliphatic hydroxyl groups is 1. The number of likely N-dealkylation sites (tertiary alicyclic amines) is 1. The van der Waals surface area contributed by atoms with E-state index in [1.54, 1.807) is 4.90 Å². The normalized spacial score (nSPS) is 29.6. The van der Waals surface area contributed by atoms with Crippen molar-refractivity contribution >= 4 is 17.9 Å². The number of piperidine rings is 1. The Morgan fingerprint density at radius 2 is 2.04 bits per heavy atom. The number of carbonyl (C=O) groups is 2. The van der Waals surface area contributed by atoms with E-state index in [9.17, 15) is 14.7 Å². The standard InChI is InChI=1S/C20H26N2O5/c1-19(2,3)27-17(24)21-9-14-8-20(14,12-21)13-4-6-15(7-5-13)22-16(10-23)11-26-18(22)25/h4-7,14,16,23H,8-12H2,1-3H3. The van der Waals surface area contributed by atoms with E-state index in [2.05, 4.69) is 0 Å². The number of hydrogen-bond acceptors (Lipinski definition) is 5. The molecule has 1 aromatic carbocycles. The molecular weight excluding hydrogens is 348 g/mol. The topological polar surface area (TPSA) is 79.3 Å². The Bertz CT molecular complexity index is 757. The van der Waals surface area contributed by atoms with Gasteiger partial charge in [-0.1, -0.05) is 12.1 Å². The molecule has 2 amide bonds. The SMILES string of the molecule is CC(C)(C)OC(=O)N1CC2CC2(c2ccc(N3C(=O)OCC3CO)cc2)C1. The highest BCUT2D eigenvalue weighted by Crippen LogP contribution is 2.59. The first-order valence-corrected chi connectivity index (χ1v) is 9.39. The summed E-state index contributed by atoms with van der Waals surface area (Å²) in [4.78, 5) is 27.6.